The molecule has 3 rings (SSSR count). The molecular formula is C25H29NP+. The second-order valence-corrected chi connectivity index (χ2v) is 10.5. The van der Waals surface area contributed by atoms with E-state index in [-0.39, 0.29) is 0 Å². The van der Waals surface area contributed by atoms with Crippen LogP contribution in [0.2, 0.25) is 0 Å². The summed E-state index contributed by atoms with van der Waals surface area (Å²) in [5.41, 5.74) is 0. The third-order valence-electron chi connectivity index (χ3n) is 4.81. The fraction of sp³-hybridized carbons (Fsp3) is 0.240. The zero-order chi connectivity index (χ0) is 19.3. The van der Waals surface area contributed by atoms with E-state index in [2.05, 4.69) is 130 Å². The zero-order valence-electron chi connectivity index (χ0n) is 16.7. The number of benzene rings is 3. The summed E-state index contributed by atoms with van der Waals surface area (Å²) in [6.07, 6.45) is 4.06. The molecule has 0 saturated carbocycles. The van der Waals surface area contributed by atoms with Gasteiger partial charge in [-0.05, 0) is 64.1 Å². The molecule has 0 unspecified atom stereocenters. The molecule has 0 saturated heterocycles. The van der Waals surface area contributed by atoms with Gasteiger partial charge in [-0.25, -0.2) is 0 Å². The Balaban J connectivity index is 2.29. The van der Waals surface area contributed by atoms with Crippen LogP contribution in [0.3, 0.4) is 0 Å². The largest absolute Gasteiger partial charge is 0.267 e. The van der Waals surface area contributed by atoms with E-state index < -0.39 is 7.26 Å². The molecule has 0 amide bonds. The van der Waals surface area contributed by atoms with E-state index >= 15 is 0 Å². The van der Waals surface area contributed by atoms with Gasteiger partial charge in [0.15, 0.2) is 0 Å². The number of hydrogen-bond acceptors (Lipinski definition) is 1. The zero-order valence-corrected chi connectivity index (χ0v) is 17.6. The molecule has 0 bridgehead atoms. The Morgan fingerprint density at radius 2 is 0.852 bits per heavy atom. The van der Waals surface area contributed by atoms with Crippen LogP contribution in [0.5, 0.6) is 0 Å². The highest BCUT2D eigenvalue weighted by molar-refractivity contribution is 7.97. The van der Waals surface area contributed by atoms with Crippen LogP contribution in [-0.2, 0) is 0 Å². The van der Waals surface area contributed by atoms with Gasteiger partial charge in [-0.1, -0.05) is 54.6 Å². The van der Waals surface area contributed by atoms with E-state index in [1.807, 2.05) is 0 Å². The standard InChI is InChI=1S/C25H29NP/c1-21(2)26(22(3)4)20-27(23-14-8-5-9-15-23,24-16-10-6-11-17-24)25-18-12-7-13-19-25/h5-19,21-22H,1-4H3/q+1. The predicted molar refractivity (Wildman–Crippen MR) is 121 cm³/mol. The normalized spacial score (nSPS) is 12.1. The van der Waals surface area contributed by atoms with Crippen molar-refractivity contribution in [1.82, 2.24) is 4.90 Å². The fourth-order valence-corrected chi connectivity index (χ4v) is 7.48. The van der Waals surface area contributed by atoms with Gasteiger partial charge in [0.1, 0.15) is 23.2 Å². The molecule has 0 aliphatic carbocycles. The van der Waals surface area contributed by atoms with E-state index in [1.54, 1.807) is 0 Å². The monoisotopic (exact) mass is 374 g/mol. The van der Waals surface area contributed by atoms with Crippen LogP contribution in [0.25, 0.3) is 0 Å². The lowest BCUT2D eigenvalue weighted by atomic mass is 10.2. The summed E-state index contributed by atoms with van der Waals surface area (Å²) in [6.45, 7) is 9.01. The smallest absolute Gasteiger partial charge is 0.250 e. The van der Waals surface area contributed by atoms with Crippen LogP contribution in [0.4, 0.5) is 0 Å². The van der Waals surface area contributed by atoms with Crippen molar-refractivity contribution >= 4 is 23.2 Å². The highest BCUT2D eigenvalue weighted by atomic mass is 31.2. The van der Waals surface area contributed by atoms with Crippen LogP contribution in [0.15, 0.2) is 91.0 Å². The maximum Gasteiger partial charge on any atom is 0.267 e. The molecule has 0 fully saturated rings. The molecule has 2 radical (unpaired) electrons. The Bertz CT molecular complexity index is 708. The second kappa shape index (κ2) is 8.83. The van der Waals surface area contributed by atoms with Gasteiger partial charge in [0.05, 0.1) is 0 Å². The van der Waals surface area contributed by atoms with Crippen LogP contribution in [0, 0.1) is 6.29 Å². The molecule has 3 aromatic carbocycles. The lowest BCUT2D eigenvalue weighted by Crippen LogP contribution is -2.42. The van der Waals surface area contributed by atoms with Gasteiger partial charge in [0.25, 0.3) is 6.29 Å². The quantitative estimate of drug-likeness (QED) is 0.411. The average Bonchev–Trinajstić information content (AvgIpc) is 2.70. The second-order valence-electron chi connectivity index (χ2n) is 7.37. The molecule has 0 N–H and O–H groups in total. The SMILES string of the molecule is CC(C)N([C][P+](c1ccccc1)(c1ccccc1)c1ccccc1)C(C)C. The molecule has 138 valence electrons. The van der Waals surface area contributed by atoms with Gasteiger partial charge in [0, 0.05) is 12.1 Å². The maximum atomic E-state index is 4.06. The first-order chi connectivity index (χ1) is 13.1. The Kier molecular flexibility index (Phi) is 6.47. The average molecular weight is 374 g/mol. The van der Waals surface area contributed by atoms with Gasteiger partial charge in [-0.3, -0.25) is 4.90 Å². The van der Waals surface area contributed by atoms with Crippen LogP contribution in [0.1, 0.15) is 27.7 Å². The summed E-state index contributed by atoms with van der Waals surface area (Å²) in [5.74, 6) is 0. The van der Waals surface area contributed by atoms with Crippen molar-refractivity contribution in [2.24, 2.45) is 0 Å². The summed E-state index contributed by atoms with van der Waals surface area (Å²) < 4.78 is 0. The van der Waals surface area contributed by atoms with Crippen molar-refractivity contribution in [2.75, 3.05) is 0 Å². The molecule has 0 aliphatic rings. The molecule has 0 aromatic heterocycles. The minimum Gasteiger partial charge on any atom is -0.250 e. The summed E-state index contributed by atoms with van der Waals surface area (Å²) in [6, 6.07) is 33.5. The molecule has 2 heteroatoms. The van der Waals surface area contributed by atoms with Crippen LogP contribution < -0.4 is 15.9 Å². The van der Waals surface area contributed by atoms with Crippen molar-refractivity contribution in [3.8, 4) is 0 Å². The summed E-state index contributed by atoms with van der Waals surface area (Å²) in [7, 11) is -2.04. The molecule has 1 nitrogen and oxygen atoms in total. The third-order valence-corrected chi connectivity index (χ3v) is 8.56. The van der Waals surface area contributed by atoms with Crippen molar-refractivity contribution in [3.63, 3.8) is 0 Å². The van der Waals surface area contributed by atoms with E-state index in [9.17, 15) is 0 Å². The van der Waals surface area contributed by atoms with Gasteiger partial charge in [0.2, 0.25) is 0 Å². The minimum atomic E-state index is -2.04. The highest BCUT2D eigenvalue weighted by Crippen LogP contribution is 2.59. The maximum absolute atomic E-state index is 4.06. The minimum absolute atomic E-state index is 0.389. The molecule has 0 heterocycles. The molecule has 3 aromatic rings. The topological polar surface area (TPSA) is 3.24 Å². The lowest BCUT2D eigenvalue weighted by Gasteiger charge is -2.34. The van der Waals surface area contributed by atoms with Crippen LogP contribution in [-0.4, -0.2) is 17.0 Å². The molecule has 0 spiro atoms. The van der Waals surface area contributed by atoms with E-state index in [1.165, 1.54) is 15.9 Å². The lowest BCUT2D eigenvalue weighted by molar-refractivity contribution is 0.242. The fourth-order valence-electron chi connectivity index (χ4n) is 3.58. The number of hydrogen-bond donors (Lipinski definition) is 0. The third kappa shape index (κ3) is 4.15. The first-order valence-electron chi connectivity index (χ1n) is 9.68. The van der Waals surface area contributed by atoms with E-state index in [0.29, 0.717) is 12.1 Å². The Morgan fingerprint density at radius 1 is 0.556 bits per heavy atom. The summed E-state index contributed by atoms with van der Waals surface area (Å²) >= 11 is 0. The van der Waals surface area contributed by atoms with Crippen LogP contribution >= 0.6 is 7.26 Å². The molecule has 0 atom stereocenters. The Hall–Kier alpha value is -1.95. The molecular weight excluding hydrogens is 345 g/mol. The number of nitrogens with zero attached hydrogens (tertiary/aromatic N) is 1. The van der Waals surface area contributed by atoms with Gasteiger partial charge in [-0.2, -0.15) is 0 Å². The Labute approximate surface area is 165 Å². The van der Waals surface area contributed by atoms with Gasteiger partial charge < -0.3 is 0 Å². The molecule has 27 heavy (non-hydrogen) atoms. The summed E-state index contributed by atoms with van der Waals surface area (Å²) in [5, 5.41) is 4.02. The van der Waals surface area contributed by atoms with Gasteiger partial charge in [-0.15, -0.1) is 0 Å². The summed E-state index contributed by atoms with van der Waals surface area (Å²) in [4.78, 5) is 2.40. The predicted octanol–water partition coefficient (Wildman–Crippen LogP) is 5.10. The number of rotatable bonds is 7. The highest BCUT2D eigenvalue weighted by Gasteiger charge is 2.49. The van der Waals surface area contributed by atoms with Gasteiger partial charge >= 0.3 is 0 Å². The van der Waals surface area contributed by atoms with Crippen molar-refractivity contribution in [2.45, 2.75) is 39.8 Å². The first-order valence-corrected chi connectivity index (χ1v) is 11.5. The van der Waals surface area contributed by atoms with Crippen molar-refractivity contribution < 1.29 is 0 Å². The first kappa shape index (κ1) is 19.8. The van der Waals surface area contributed by atoms with E-state index in [0.717, 1.165) is 0 Å². The van der Waals surface area contributed by atoms with Crippen molar-refractivity contribution in [1.29, 1.82) is 0 Å². The Morgan fingerprint density at radius 3 is 1.11 bits per heavy atom. The molecule has 0 aliphatic heterocycles. The van der Waals surface area contributed by atoms with Crippen molar-refractivity contribution in [3.05, 3.63) is 97.3 Å². The van der Waals surface area contributed by atoms with E-state index in [4.69, 9.17) is 0 Å².